The molecule has 2 rings (SSSR count). The van der Waals surface area contributed by atoms with Gasteiger partial charge in [-0.05, 0) is 29.3 Å². The summed E-state index contributed by atoms with van der Waals surface area (Å²) in [5.41, 5.74) is 7.80. The summed E-state index contributed by atoms with van der Waals surface area (Å²) in [6.07, 6.45) is 0.876. The molecule has 0 radical (unpaired) electrons. The first-order valence-electron chi connectivity index (χ1n) is 4.68. The van der Waals surface area contributed by atoms with Gasteiger partial charge in [0.2, 0.25) is 0 Å². The van der Waals surface area contributed by atoms with Crippen molar-refractivity contribution in [2.24, 2.45) is 5.73 Å². The van der Waals surface area contributed by atoms with E-state index in [0.717, 1.165) is 27.2 Å². The second-order valence-electron chi connectivity index (χ2n) is 3.22. The first-order valence-corrected chi connectivity index (χ1v) is 5.49. The zero-order valence-corrected chi connectivity index (χ0v) is 8.96. The molecule has 3 heteroatoms. The number of hydrogen-bond acceptors (Lipinski definition) is 3. The van der Waals surface area contributed by atoms with Gasteiger partial charge in [0.05, 0.1) is 4.88 Å². The van der Waals surface area contributed by atoms with Crippen LogP contribution in [0, 0.1) is 0 Å². The van der Waals surface area contributed by atoms with Gasteiger partial charge in [0.25, 0.3) is 0 Å². The van der Waals surface area contributed by atoms with Crippen molar-refractivity contribution in [3.63, 3.8) is 0 Å². The Balaban J connectivity index is 2.39. The van der Waals surface area contributed by atoms with Crippen molar-refractivity contribution in [3.05, 3.63) is 46.8 Å². The molecule has 0 saturated carbocycles. The van der Waals surface area contributed by atoms with Gasteiger partial charge in [0, 0.05) is 11.4 Å². The third-order valence-electron chi connectivity index (χ3n) is 2.19. The number of rotatable bonds is 3. The number of carbonyl (C=O) groups excluding carboxylic acids is 1. The summed E-state index contributed by atoms with van der Waals surface area (Å²) in [7, 11) is 0. The molecule has 0 bridgehead atoms. The molecule has 2 N–H and O–H groups in total. The van der Waals surface area contributed by atoms with E-state index in [4.69, 9.17) is 5.73 Å². The molecule has 0 aliphatic rings. The number of nitrogens with two attached hydrogens (primary N) is 1. The van der Waals surface area contributed by atoms with E-state index in [1.54, 1.807) is 0 Å². The summed E-state index contributed by atoms with van der Waals surface area (Å²) in [4.78, 5) is 12.4. The Labute approximate surface area is 92.4 Å². The molecular formula is C12H11NOS. The number of hydrogen-bond donors (Lipinski definition) is 1. The molecule has 15 heavy (non-hydrogen) atoms. The van der Waals surface area contributed by atoms with Crippen molar-refractivity contribution in [2.75, 3.05) is 0 Å². The maximum absolute atomic E-state index is 10.6. The number of benzene rings is 1. The zero-order valence-electron chi connectivity index (χ0n) is 8.14. The van der Waals surface area contributed by atoms with Gasteiger partial charge in [-0.3, -0.25) is 4.79 Å². The third-order valence-corrected chi connectivity index (χ3v) is 3.25. The molecule has 0 spiro atoms. The van der Waals surface area contributed by atoms with E-state index < -0.39 is 0 Å². The van der Waals surface area contributed by atoms with Gasteiger partial charge in [-0.2, -0.15) is 0 Å². The molecule has 1 aromatic heterocycles. The SMILES string of the molecule is NCc1cccc(-c2ccc(C=O)s2)c1. The molecule has 0 aliphatic carbocycles. The summed E-state index contributed by atoms with van der Waals surface area (Å²) in [6.45, 7) is 0.541. The van der Waals surface area contributed by atoms with Gasteiger partial charge >= 0.3 is 0 Å². The summed E-state index contributed by atoms with van der Waals surface area (Å²) in [6, 6.07) is 11.9. The Kier molecular flexibility index (Phi) is 2.94. The molecule has 0 unspecified atom stereocenters. The zero-order chi connectivity index (χ0) is 10.7. The molecule has 0 aliphatic heterocycles. The van der Waals surface area contributed by atoms with E-state index in [1.807, 2.05) is 30.3 Å². The van der Waals surface area contributed by atoms with Crippen LogP contribution < -0.4 is 5.73 Å². The van der Waals surface area contributed by atoms with Gasteiger partial charge in [-0.15, -0.1) is 11.3 Å². The molecule has 1 aromatic carbocycles. The first-order chi connectivity index (χ1) is 7.33. The number of aldehydes is 1. The fourth-order valence-corrected chi connectivity index (χ4v) is 2.24. The minimum atomic E-state index is 0.541. The molecule has 0 atom stereocenters. The standard InChI is InChI=1S/C12H11NOS/c13-7-9-2-1-3-10(6-9)12-5-4-11(8-14)15-12/h1-6,8H,7,13H2. The fraction of sp³-hybridized carbons (Fsp3) is 0.0833. The van der Waals surface area contributed by atoms with E-state index in [2.05, 4.69) is 6.07 Å². The Hall–Kier alpha value is -1.45. The highest BCUT2D eigenvalue weighted by molar-refractivity contribution is 7.17. The summed E-state index contributed by atoms with van der Waals surface area (Å²) >= 11 is 1.50. The summed E-state index contributed by atoms with van der Waals surface area (Å²) < 4.78 is 0. The van der Waals surface area contributed by atoms with E-state index in [-0.39, 0.29) is 0 Å². The normalized spacial score (nSPS) is 10.2. The topological polar surface area (TPSA) is 43.1 Å². The average Bonchev–Trinajstić information content (AvgIpc) is 2.78. The van der Waals surface area contributed by atoms with Crippen LogP contribution in [0.3, 0.4) is 0 Å². The summed E-state index contributed by atoms with van der Waals surface area (Å²) in [5.74, 6) is 0. The molecule has 1 heterocycles. The van der Waals surface area contributed by atoms with Crippen LogP contribution in [-0.4, -0.2) is 6.29 Å². The third kappa shape index (κ3) is 2.14. The van der Waals surface area contributed by atoms with Crippen molar-refractivity contribution >= 4 is 17.6 Å². The smallest absolute Gasteiger partial charge is 0.160 e. The van der Waals surface area contributed by atoms with Crippen molar-refractivity contribution in [1.82, 2.24) is 0 Å². The Morgan fingerprint density at radius 3 is 2.80 bits per heavy atom. The van der Waals surface area contributed by atoms with Crippen LogP contribution in [-0.2, 0) is 6.54 Å². The minimum absolute atomic E-state index is 0.541. The largest absolute Gasteiger partial charge is 0.326 e. The van der Waals surface area contributed by atoms with Crippen LogP contribution in [0.2, 0.25) is 0 Å². The second kappa shape index (κ2) is 4.38. The highest BCUT2D eigenvalue weighted by atomic mass is 32.1. The van der Waals surface area contributed by atoms with E-state index >= 15 is 0 Å². The molecule has 0 saturated heterocycles. The fourth-order valence-electron chi connectivity index (χ4n) is 1.42. The van der Waals surface area contributed by atoms with Crippen molar-refractivity contribution in [3.8, 4) is 10.4 Å². The molecule has 2 aromatic rings. The second-order valence-corrected chi connectivity index (χ2v) is 4.34. The van der Waals surface area contributed by atoms with Crippen molar-refractivity contribution in [1.29, 1.82) is 0 Å². The molecule has 2 nitrogen and oxygen atoms in total. The maximum Gasteiger partial charge on any atom is 0.160 e. The van der Waals surface area contributed by atoms with Crippen molar-refractivity contribution < 1.29 is 4.79 Å². The van der Waals surface area contributed by atoms with Crippen LogP contribution in [0.1, 0.15) is 15.2 Å². The van der Waals surface area contributed by atoms with Gasteiger partial charge < -0.3 is 5.73 Å². The Bertz CT molecular complexity index is 476. The number of carbonyl (C=O) groups is 1. The van der Waals surface area contributed by atoms with Crippen LogP contribution in [0.5, 0.6) is 0 Å². The first kappa shape index (κ1) is 10.1. The predicted octanol–water partition coefficient (Wildman–Crippen LogP) is 2.69. The average molecular weight is 217 g/mol. The lowest BCUT2D eigenvalue weighted by Crippen LogP contribution is -1.95. The molecule has 76 valence electrons. The van der Waals surface area contributed by atoms with Crippen LogP contribution in [0.15, 0.2) is 36.4 Å². The monoisotopic (exact) mass is 217 g/mol. The van der Waals surface area contributed by atoms with Crippen molar-refractivity contribution in [2.45, 2.75) is 6.54 Å². The van der Waals surface area contributed by atoms with Crippen LogP contribution >= 0.6 is 11.3 Å². The lowest BCUT2D eigenvalue weighted by molar-refractivity contribution is 0.112. The predicted molar refractivity (Wildman–Crippen MR) is 63.0 cm³/mol. The van der Waals surface area contributed by atoms with Gasteiger partial charge in [0.1, 0.15) is 0 Å². The quantitative estimate of drug-likeness (QED) is 0.803. The van der Waals surface area contributed by atoms with Gasteiger partial charge in [0.15, 0.2) is 6.29 Å². The van der Waals surface area contributed by atoms with E-state index in [9.17, 15) is 4.79 Å². The lowest BCUT2D eigenvalue weighted by atomic mass is 10.1. The maximum atomic E-state index is 10.6. The molecule has 0 amide bonds. The van der Waals surface area contributed by atoms with Crippen LogP contribution in [0.4, 0.5) is 0 Å². The Morgan fingerprint density at radius 1 is 1.27 bits per heavy atom. The lowest BCUT2D eigenvalue weighted by Gasteiger charge is -2.00. The van der Waals surface area contributed by atoms with E-state index in [0.29, 0.717) is 6.54 Å². The number of thiophene rings is 1. The summed E-state index contributed by atoms with van der Waals surface area (Å²) in [5, 5.41) is 0. The van der Waals surface area contributed by atoms with Gasteiger partial charge in [-0.1, -0.05) is 18.2 Å². The highest BCUT2D eigenvalue weighted by Gasteiger charge is 2.02. The van der Waals surface area contributed by atoms with E-state index in [1.165, 1.54) is 11.3 Å². The van der Waals surface area contributed by atoms with Gasteiger partial charge in [-0.25, -0.2) is 0 Å². The van der Waals surface area contributed by atoms with Crippen LogP contribution in [0.25, 0.3) is 10.4 Å². The highest BCUT2D eigenvalue weighted by Crippen LogP contribution is 2.27. The molecular weight excluding hydrogens is 206 g/mol. The minimum Gasteiger partial charge on any atom is -0.326 e. The Morgan fingerprint density at radius 2 is 2.13 bits per heavy atom. The molecule has 0 fully saturated rings.